The molecule has 0 fully saturated rings. The Morgan fingerprint density at radius 1 is 1.33 bits per heavy atom. The Morgan fingerprint density at radius 3 is 2.86 bits per heavy atom. The Morgan fingerprint density at radius 2 is 2.14 bits per heavy atom. The summed E-state index contributed by atoms with van der Waals surface area (Å²) in [5.74, 6) is -0.262. The first-order valence-corrected chi connectivity index (χ1v) is 6.06. The maximum Gasteiger partial charge on any atom is 0.334 e. The second kappa shape index (κ2) is 4.82. The van der Waals surface area contributed by atoms with Gasteiger partial charge in [-0.15, -0.1) is 0 Å². The number of nitrogens with zero attached hydrogens (tertiary/aromatic N) is 3. The van der Waals surface area contributed by atoms with Gasteiger partial charge in [0.2, 0.25) is 5.95 Å². The topological polar surface area (TPSA) is 92.7 Å². The molecule has 2 N–H and O–H groups in total. The first kappa shape index (κ1) is 13.0. The van der Waals surface area contributed by atoms with Gasteiger partial charge in [-0.05, 0) is 18.2 Å². The molecule has 8 heteroatoms. The quantitative estimate of drug-likeness (QED) is 0.722. The summed E-state index contributed by atoms with van der Waals surface area (Å²) < 4.78 is 14.1. The highest BCUT2D eigenvalue weighted by Crippen LogP contribution is 2.08. The third-order valence-electron chi connectivity index (χ3n) is 2.94. The zero-order chi connectivity index (χ0) is 15.0. The minimum absolute atomic E-state index is 0.122. The van der Waals surface area contributed by atoms with Crippen molar-refractivity contribution in [2.24, 2.45) is 0 Å². The van der Waals surface area contributed by atoms with Crippen LogP contribution in [0.15, 0.2) is 40.1 Å². The van der Waals surface area contributed by atoms with Crippen molar-refractivity contribution in [2.45, 2.75) is 0 Å². The minimum atomic E-state index is -0.696. The summed E-state index contributed by atoms with van der Waals surface area (Å²) in [6.45, 7) is 0. The van der Waals surface area contributed by atoms with Crippen LogP contribution in [0, 0.1) is 5.82 Å². The van der Waals surface area contributed by atoms with E-state index >= 15 is 0 Å². The fourth-order valence-electron chi connectivity index (χ4n) is 1.97. The smallest absolute Gasteiger partial charge is 0.334 e. The fraction of sp³-hybridized carbons (Fsp3) is 0.0769. The molecule has 1 aromatic carbocycles. The highest BCUT2D eigenvalue weighted by atomic mass is 19.1. The second-order valence-electron chi connectivity index (χ2n) is 4.26. The zero-order valence-corrected chi connectivity index (χ0v) is 10.9. The molecule has 0 saturated carbocycles. The lowest BCUT2D eigenvalue weighted by Crippen LogP contribution is -2.34. The predicted molar refractivity (Wildman–Crippen MR) is 75.3 cm³/mol. The van der Waals surface area contributed by atoms with Crippen LogP contribution in [0.5, 0.6) is 0 Å². The SMILES string of the molecule is CNc1ncc2c(=O)n(-c3cccc(F)c3)c(=O)[nH]c2n1. The molecule has 0 unspecified atom stereocenters. The predicted octanol–water partition coefficient (Wildman–Crippen LogP) is 0.650. The number of fused-ring (bicyclic) bond motifs is 1. The number of rotatable bonds is 2. The van der Waals surface area contributed by atoms with Crippen LogP contribution >= 0.6 is 0 Å². The van der Waals surface area contributed by atoms with Gasteiger partial charge < -0.3 is 5.32 Å². The number of nitrogens with one attached hydrogen (secondary N) is 2. The Labute approximate surface area is 117 Å². The van der Waals surface area contributed by atoms with Crippen molar-refractivity contribution in [1.29, 1.82) is 0 Å². The van der Waals surface area contributed by atoms with Gasteiger partial charge in [0.1, 0.15) is 11.2 Å². The number of H-pyrrole nitrogens is 1. The molecule has 0 aliphatic heterocycles. The number of anilines is 1. The van der Waals surface area contributed by atoms with Crippen molar-refractivity contribution < 1.29 is 4.39 Å². The van der Waals surface area contributed by atoms with Crippen LogP contribution in [0.25, 0.3) is 16.7 Å². The van der Waals surface area contributed by atoms with E-state index in [1.807, 2.05) is 0 Å². The third-order valence-corrected chi connectivity index (χ3v) is 2.94. The van der Waals surface area contributed by atoms with Crippen molar-refractivity contribution in [1.82, 2.24) is 19.5 Å². The Kier molecular flexibility index (Phi) is 2.98. The lowest BCUT2D eigenvalue weighted by molar-refractivity contribution is 0.626. The molecule has 0 atom stereocenters. The van der Waals surface area contributed by atoms with E-state index in [1.165, 1.54) is 24.4 Å². The van der Waals surface area contributed by atoms with Gasteiger partial charge in [-0.2, -0.15) is 4.98 Å². The molecule has 0 amide bonds. The highest BCUT2D eigenvalue weighted by Gasteiger charge is 2.11. The summed E-state index contributed by atoms with van der Waals surface area (Å²) in [4.78, 5) is 34.9. The molecular weight excluding hydrogens is 277 g/mol. The van der Waals surface area contributed by atoms with Gasteiger partial charge in [0.05, 0.1) is 5.69 Å². The number of hydrogen-bond donors (Lipinski definition) is 2. The molecule has 3 rings (SSSR count). The van der Waals surface area contributed by atoms with Crippen LogP contribution in [0.1, 0.15) is 0 Å². The van der Waals surface area contributed by atoms with E-state index in [1.54, 1.807) is 7.05 Å². The van der Waals surface area contributed by atoms with E-state index in [4.69, 9.17) is 0 Å². The van der Waals surface area contributed by atoms with Gasteiger partial charge in [0, 0.05) is 13.2 Å². The molecule has 2 heterocycles. The Bertz CT molecular complexity index is 947. The zero-order valence-electron chi connectivity index (χ0n) is 10.9. The molecule has 3 aromatic rings. The molecule has 0 aliphatic carbocycles. The van der Waals surface area contributed by atoms with Gasteiger partial charge in [-0.3, -0.25) is 9.78 Å². The van der Waals surface area contributed by atoms with Crippen LogP contribution < -0.4 is 16.6 Å². The first-order valence-electron chi connectivity index (χ1n) is 6.06. The van der Waals surface area contributed by atoms with Crippen LogP contribution in [0.2, 0.25) is 0 Å². The lowest BCUT2D eigenvalue weighted by atomic mass is 10.3. The van der Waals surface area contributed by atoms with Crippen LogP contribution in [-0.2, 0) is 0 Å². The summed E-state index contributed by atoms with van der Waals surface area (Å²) in [5.41, 5.74) is -1.04. The van der Waals surface area contributed by atoms with Gasteiger partial charge in [0.25, 0.3) is 5.56 Å². The number of benzene rings is 1. The fourth-order valence-corrected chi connectivity index (χ4v) is 1.97. The lowest BCUT2D eigenvalue weighted by Gasteiger charge is -2.06. The molecular formula is C13H10FN5O2. The van der Waals surface area contributed by atoms with Crippen molar-refractivity contribution in [3.8, 4) is 5.69 Å². The summed E-state index contributed by atoms with van der Waals surface area (Å²) in [5, 5.41) is 2.85. The first-order chi connectivity index (χ1) is 10.1. The molecule has 0 radical (unpaired) electrons. The molecule has 7 nitrogen and oxygen atoms in total. The summed E-state index contributed by atoms with van der Waals surface area (Å²) >= 11 is 0. The minimum Gasteiger partial charge on any atom is -0.357 e. The summed E-state index contributed by atoms with van der Waals surface area (Å²) in [7, 11) is 1.62. The van der Waals surface area contributed by atoms with E-state index in [2.05, 4.69) is 20.3 Å². The number of hydrogen-bond acceptors (Lipinski definition) is 5. The van der Waals surface area contributed by atoms with E-state index in [0.29, 0.717) is 0 Å². The second-order valence-corrected chi connectivity index (χ2v) is 4.26. The van der Waals surface area contributed by atoms with Gasteiger partial charge in [0.15, 0.2) is 5.65 Å². The highest BCUT2D eigenvalue weighted by molar-refractivity contribution is 5.73. The molecule has 2 aromatic heterocycles. The van der Waals surface area contributed by atoms with Crippen molar-refractivity contribution in [2.75, 3.05) is 12.4 Å². The van der Waals surface area contributed by atoms with Gasteiger partial charge in [-0.25, -0.2) is 18.7 Å². The largest absolute Gasteiger partial charge is 0.357 e. The summed E-state index contributed by atoms with van der Waals surface area (Å²) in [6, 6.07) is 5.22. The molecule has 0 spiro atoms. The number of aromatic amines is 1. The van der Waals surface area contributed by atoms with Gasteiger partial charge >= 0.3 is 5.69 Å². The average Bonchev–Trinajstić information content (AvgIpc) is 2.46. The standard InChI is InChI=1S/C13H10FN5O2/c1-15-12-16-6-9-10(17-12)18-13(21)19(11(9)20)8-4-2-3-7(14)5-8/h2-6H,1H3,(H2,15,16,17,18,21). The third kappa shape index (κ3) is 2.16. The summed E-state index contributed by atoms with van der Waals surface area (Å²) in [6.07, 6.45) is 1.31. The van der Waals surface area contributed by atoms with E-state index in [-0.39, 0.29) is 22.7 Å². The molecule has 0 saturated heterocycles. The normalized spacial score (nSPS) is 10.8. The van der Waals surface area contributed by atoms with Crippen molar-refractivity contribution >= 4 is 17.0 Å². The van der Waals surface area contributed by atoms with Crippen molar-refractivity contribution in [3.05, 3.63) is 57.1 Å². The van der Waals surface area contributed by atoms with Crippen LogP contribution in [-0.4, -0.2) is 26.6 Å². The van der Waals surface area contributed by atoms with Crippen molar-refractivity contribution in [3.63, 3.8) is 0 Å². The monoisotopic (exact) mass is 287 g/mol. The number of halogens is 1. The average molecular weight is 287 g/mol. The maximum atomic E-state index is 13.3. The number of aromatic nitrogens is 4. The van der Waals surface area contributed by atoms with E-state index in [9.17, 15) is 14.0 Å². The van der Waals surface area contributed by atoms with Crippen LogP contribution in [0.4, 0.5) is 10.3 Å². The van der Waals surface area contributed by atoms with Crippen LogP contribution in [0.3, 0.4) is 0 Å². The van der Waals surface area contributed by atoms with E-state index in [0.717, 1.165) is 10.6 Å². The Balaban J connectivity index is 2.35. The Hall–Kier alpha value is -3.03. The molecule has 21 heavy (non-hydrogen) atoms. The molecule has 106 valence electrons. The van der Waals surface area contributed by atoms with E-state index < -0.39 is 17.1 Å². The van der Waals surface area contributed by atoms with Gasteiger partial charge in [-0.1, -0.05) is 6.07 Å². The molecule has 0 bridgehead atoms. The maximum absolute atomic E-state index is 13.3. The molecule has 0 aliphatic rings.